The number of hydrogen-bond donors (Lipinski definition) is 1. The molecule has 1 N–H and O–H groups in total. The van der Waals surface area contributed by atoms with Gasteiger partial charge in [-0.05, 0) is 45.2 Å². The van der Waals surface area contributed by atoms with E-state index in [-0.39, 0.29) is 17.3 Å². The van der Waals surface area contributed by atoms with Crippen molar-refractivity contribution >= 4 is 28.8 Å². The zero-order valence-electron chi connectivity index (χ0n) is 21.0. The van der Waals surface area contributed by atoms with Gasteiger partial charge in [-0.15, -0.1) is 0 Å². The number of anilines is 1. The molecule has 1 saturated carbocycles. The molecule has 1 aromatic carbocycles. The van der Waals surface area contributed by atoms with Gasteiger partial charge in [0.2, 0.25) is 0 Å². The summed E-state index contributed by atoms with van der Waals surface area (Å²) < 4.78 is 12.8. The van der Waals surface area contributed by atoms with Gasteiger partial charge in [-0.2, -0.15) is 5.26 Å². The van der Waals surface area contributed by atoms with E-state index in [1.165, 1.54) is 0 Å². The lowest BCUT2D eigenvalue weighted by atomic mass is 10.1. The molecule has 1 aliphatic rings. The predicted molar refractivity (Wildman–Crippen MR) is 137 cm³/mol. The third-order valence-electron chi connectivity index (χ3n) is 7.06. The minimum absolute atomic E-state index is 0.217. The predicted octanol–water partition coefficient (Wildman–Crippen LogP) is 5.40. The van der Waals surface area contributed by atoms with E-state index in [9.17, 15) is 14.9 Å². The molecule has 4 aromatic rings. The molecule has 0 atom stereocenters. The van der Waals surface area contributed by atoms with Crippen LogP contribution < -0.4 is 5.32 Å². The highest BCUT2D eigenvalue weighted by Crippen LogP contribution is 2.37. The Balaban J connectivity index is 1.38. The molecule has 1 fully saturated rings. The van der Waals surface area contributed by atoms with E-state index in [1.54, 1.807) is 13.0 Å². The number of esters is 1. The fourth-order valence-corrected chi connectivity index (χ4v) is 5.10. The molecular formula is C28H27N5O4. The molecule has 1 aliphatic carbocycles. The molecule has 0 saturated heterocycles. The Labute approximate surface area is 214 Å². The van der Waals surface area contributed by atoms with E-state index >= 15 is 0 Å². The average molecular weight is 498 g/mol. The molecule has 0 unspecified atom stereocenters. The van der Waals surface area contributed by atoms with Crippen molar-refractivity contribution in [3.63, 3.8) is 0 Å². The van der Waals surface area contributed by atoms with Crippen molar-refractivity contribution < 1.29 is 18.8 Å². The number of rotatable bonds is 6. The SMILES string of the molecule is Cc1c(C#N)c(NC(=O)COC(=O)c2cc(-c3ccccc3)nc3onc(C)c23)n(C2CCCC2)c1C. The van der Waals surface area contributed by atoms with Crippen LogP contribution in [0.25, 0.3) is 22.4 Å². The maximum absolute atomic E-state index is 13.1. The molecular weight excluding hydrogens is 470 g/mol. The van der Waals surface area contributed by atoms with Crippen molar-refractivity contribution in [2.45, 2.75) is 52.5 Å². The van der Waals surface area contributed by atoms with Gasteiger partial charge < -0.3 is 19.1 Å². The van der Waals surface area contributed by atoms with E-state index in [2.05, 4.69) is 26.1 Å². The number of carbonyl (C=O) groups is 2. The fraction of sp³-hybridized carbons (Fsp3) is 0.321. The van der Waals surface area contributed by atoms with Crippen molar-refractivity contribution in [2.75, 3.05) is 11.9 Å². The number of nitriles is 1. The van der Waals surface area contributed by atoms with Gasteiger partial charge in [-0.25, -0.2) is 9.78 Å². The summed E-state index contributed by atoms with van der Waals surface area (Å²) in [5.74, 6) is -0.736. The van der Waals surface area contributed by atoms with Crippen LogP contribution in [0.2, 0.25) is 0 Å². The highest BCUT2D eigenvalue weighted by Gasteiger charge is 2.27. The van der Waals surface area contributed by atoms with Crippen molar-refractivity contribution in [3.05, 3.63) is 64.5 Å². The lowest BCUT2D eigenvalue weighted by Crippen LogP contribution is -2.24. The molecule has 1 amide bonds. The molecule has 3 heterocycles. The fourth-order valence-electron chi connectivity index (χ4n) is 5.10. The van der Waals surface area contributed by atoms with E-state index in [1.807, 2.05) is 44.2 Å². The van der Waals surface area contributed by atoms with Gasteiger partial charge in [0.25, 0.3) is 11.6 Å². The Morgan fingerprint density at radius 1 is 1.19 bits per heavy atom. The summed E-state index contributed by atoms with van der Waals surface area (Å²) in [6.45, 7) is 5.05. The van der Waals surface area contributed by atoms with E-state index in [0.29, 0.717) is 28.2 Å². The number of amides is 1. The highest BCUT2D eigenvalue weighted by atomic mass is 16.5. The van der Waals surface area contributed by atoms with Crippen LogP contribution in [0.15, 0.2) is 40.9 Å². The van der Waals surface area contributed by atoms with Crippen LogP contribution in [0.1, 0.15) is 64.6 Å². The highest BCUT2D eigenvalue weighted by molar-refractivity contribution is 6.05. The van der Waals surface area contributed by atoms with Crippen LogP contribution >= 0.6 is 0 Å². The summed E-state index contributed by atoms with van der Waals surface area (Å²) in [5.41, 5.74) is 4.50. The number of fused-ring (bicyclic) bond motifs is 1. The van der Waals surface area contributed by atoms with Crippen molar-refractivity contribution in [1.29, 1.82) is 5.26 Å². The number of nitrogens with one attached hydrogen (secondary N) is 1. The van der Waals surface area contributed by atoms with E-state index in [4.69, 9.17) is 9.26 Å². The van der Waals surface area contributed by atoms with Gasteiger partial charge in [-0.3, -0.25) is 4.79 Å². The Morgan fingerprint density at radius 2 is 1.92 bits per heavy atom. The number of pyridine rings is 1. The van der Waals surface area contributed by atoms with Gasteiger partial charge in [0.15, 0.2) is 6.61 Å². The molecule has 0 radical (unpaired) electrons. The maximum Gasteiger partial charge on any atom is 0.339 e. The molecule has 0 aliphatic heterocycles. The largest absolute Gasteiger partial charge is 0.452 e. The number of aromatic nitrogens is 3. The van der Waals surface area contributed by atoms with E-state index < -0.39 is 18.5 Å². The summed E-state index contributed by atoms with van der Waals surface area (Å²) in [4.78, 5) is 30.6. The number of carbonyl (C=O) groups excluding carboxylic acids is 2. The second kappa shape index (κ2) is 9.90. The number of hydrogen-bond acceptors (Lipinski definition) is 7. The second-order valence-electron chi connectivity index (χ2n) is 9.35. The third kappa shape index (κ3) is 4.47. The van der Waals surface area contributed by atoms with Crippen LogP contribution in [-0.2, 0) is 9.53 Å². The smallest absolute Gasteiger partial charge is 0.339 e. The summed E-state index contributed by atoms with van der Waals surface area (Å²) in [7, 11) is 0. The average Bonchev–Trinajstić information content (AvgIpc) is 3.62. The topological polar surface area (TPSA) is 123 Å². The van der Waals surface area contributed by atoms with Crippen LogP contribution in [-0.4, -0.2) is 33.2 Å². The first-order chi connectivity index (χ1) is 17.9. The van der Waals surface area contributed by atoms with Crippen molar-refractivity contribution in [2.24, 2.45) is 0 Å². The van der Waals surface area contributed by atoms with Gasteiger partial charge >= 0.3 is 5.97 Å². The molecule has 5 rings (SSSR count). The summed E-state index contributed by atoms with van der Waals surface area (Å²) in [6, 6.07) is 13.4. The number of benzene rings is 1. The quantitative estimate of drug-likeness (QED) is 0.354. The van der Waals surface area contributed by atoms with Crippen molar-refractivity contribution in [3.8, 4) is 17.3 Å². The standard InChI is InChI=1S/C28H27N5O4/c1-16-18(3)33(20-11-7-8-12-20)26(22(16)14-29)31-24(34)15-36-28(35)21-13-23(19-9-5-4-6-10-19)30-27-25(21)17(2)32-37-27/h4-6,9-10,13,20H,7-8,11-12,15H2,1-3H3,(H,31,34). The van der Waals surface area contributed by atoms with Gasteiger partial charge in [-0.1, -0.05) is 48.3 Å². The minimum atomic E-state index is -0.690. The normalized spacial score (nSPS) is 13.6. The van der Waals surface area contributed by atoms with Gasteiger partial charge in [0, 0.05) is 17.3 Å². The summed E-state index contributed by atoms with van der Waals surface area (Å²) in [5, 5.41) is 17.0. The number of nitrogens with zero attached hydrogens (tertiary/aromatic N) is 4. The Morgan fingerprint density at radius 3 is 2.62 bits per heavy atom. The van der Waals surface area contributed by atoms with Crippen LogP contribution in [0.5, 0.6) is 0 Å². The van der Waals surface area contributed by atoms with Gasteiger partial charge in [0.05, 0.1) is 27.9 Å². The molecule has 3 aromatic heterocycles. The Hall–Kier alpha value is -4.45. The monoisotopic (exact) mass is 497 g/mol. The molecule has 0 spiro atoms. The molecule has 37 heavy (non-hydrogen) atoms. The lowest BCUT2D eigenvalue weighted by molar-refractivity contribution is -0.119. The number of aryl methyl sites for hydroxylation is 1. The third-order valence-corrected chi connectivity index (χ3v) is 7.06. The van der Waals surface area contributed by atoms with Crippen LogP contribution in [0.3, 0.4) is 0 Å². The van der Waals surface area contributed by atoms with Crippen LogP contribution in [0, 0.1) is 32.1 Å². The molecule has 9 nitrogen and oxygen atoms in total. The molecule has 0 bridgehead atoms. The summed E-state index contributed by atoms with van der Waals surface area (Å²) in [6.07, 6.45) is 4.22. The number of ether oxygens (including phenoxy) is 1. The van der Waals surface area contributed by atoms with Gasteiger partial charge in [0.1, 0.15) is 11.9 Å². The Kier molecular flexibility index (Phi) is 6.49. The first-order valence-corrected chi connectivity index (χ1v) is 12.3. The minimum Gasteiger partial charge on any atom is -0.452 e. The zero-order valence-corrected chi connectivity index (χ0v) is 21.0. The second-order valence-corrected chi connectivity index (χ2v) is 9.35. The van der Waals surface area contributed by atoms with E-state index in [0.717, 1.165) is 42.5 Å². The molecule has 9 heteroatoms. The molecule has 188 valence electrons. The first kappa shape index (κ1) is 24.3. The first-order valence-electron chi connectivity index (χ1n) is 12.3. The van der Waals surface area contributed by atoms with Crippen molar-refractivity contribution in [1.82, 2.24) is 14.7 Å². The summed E-state index contributed by atoms with van der Waals surface area (Å²) >= 11 is 0. The zero-order chi connectivity index (χ0) is 26.1. The lowest BCUT2D eigenvalue weighted by Gasteiger charge is -2.19. The Bertz CT molecular complexity index is 1540. The van der Waals surface area contributed by atoms with Crippen LogP contribution in [0.4, 0.5) is 5.82 Å². The maximum atomic E-state index is 13.1.